The number of rotatable bonds is 7. The molecule has 0 bridgehead atoms. The Morgan fingerprint density at radius 1 is 1.21 bits per heavy atom. The number of carbonyl (C=O) groups is 2. The minimum Gasteiger partial charge on any atom is -0.420 e. The van der Waals surface area contributed by atoms with E-state index in [0.717, 1.165) is 16.8 Å². The van der Waals surface area contributed by atoms with Crippen LogP contribution in [0.3, 0.4) is 0 Å². The Morgan fingerprint density at radius 3 is 2.55 bits per heavy atom. The van der Waals surface area contributed by atoms with Crippen LogP contribution in [0.5, 0.6) is 5.75 Å². The molecule has 5 rings (SSSR count). The molecule has 1 aromatic heterocycles. The van der Waals surface area contributed by atoms with Gasteiger partial charge in [-0.25, -0.2) is 0 Å². The number of nitrogens with zero attached hydrogens (tertiary/aromatic N) is 2. The van der Waals surface area contributed by atoms with Crippen molar-refractivity contribution in [3.8, 4) is 17.0 Å². The largest absolute Gasteiger partial charge is 0.487 e. The minimum absolute atomic E-state index is 0.0624. The van der Waals surface area contributed by atoms with Crippen LogP contribution in [0.1, 0.15) is 46.7 Å². The molecule has 0 aliphatic carbocycles. The molecule has 0 saturated carbocycles. The fourth-order valence-electron chi connectivity index (χ4n) is 4.85. The van der Waals surface area contributed by atoms with Crippen LogP contribution in [0.4, 0.5) is 20.2 Å². The number of alkyl halides is 3. The lowest BCUT2D eigenvalue weighted by molar-refractivity contribution is -0.0964. The monoisotopic (exact) mass is 544 g/mol. The Bertz CT molecular complexity index is 1370. The lowest BCUT2D eigenvalue weighted by Gasteiger charge is -2.23. The molecule has 3 N–H and O–H groups in total. The Balaban J connectivity index is 1.43. The number of nitrogens with one attached hydrogen (secondary N) is 2. The van der Waals surface area contributed by atoms with Crippen molar-refractivity contribution in [2.45, 2.75) is 44.5 Å². The minimum atomic E-state index is -3.83. The summed E-state index contributed by atoms with van der Waals surface area (Å²) in [5, 5.41) is 12.8. The van der Waals surface area contributed by atoms with E-state index in [4.69, 9.17) is 11.6 Å². The second-order valence-corrected chi connectivity index (χ2v) is 10.2. The molecule has 0 unspecified atom stereocenters. The van der Waals surface area contributed by atoms with Crippen LogP contribution in [-0.2, 0) is 6.54 Å². The average Bonchev–Trinajstić information content (AvgIpc) is 3.55. The van der Waals surface area contributed by atoms with Crippen molar-refractivity contribution in [2.24, 2.45) is 0 Å². The molecule has 2 amide bonds. The summed E-state index contributed by atoms with van der Waals surface area (Å²) < 4.78 is 30.0. The van der Waals surface area contributed by atoms with Crippen LogP contribution in [0.2, 0.25) is 0 Å². The maximum atomic E-state index is 13.1. The molecule has 2 aromatic carbocycles. The number of benzene rings is 2. The number of H-pyrrole nitrogens is 1. The number of aromatic amines is 1. The number of aromatic nitrogens is 1. The van der Waals surface area contributed by atoms with Crippen molar-refractivity contribution in [1.82, 2.24) is 9.88 Å². The molecule has 3 aromatic rings. The van der Waals surface area contributed by atoms with Gasteiger partial charge >= 0.3 is 5.57 Å². The van der Waals surface area contributed by atoms with E-state index in [1.165, 1.54) is 24.3 Å². The second-order valence-electron chi connectivity index (χ2n) is 9.76. The third-order valence-corrected chi connectivity index (χ3v) is 6.81. The van der Waals surface area contributed by atoms with Gasteiger partial charge in [-0.05, 0) is 68.8 Å². The van der Waals surface area contributed by atoms with Crippen molar-refractivity contribution < 1.29 is 28.2 Å². The third kappa shape index (κ3) is 5.32. The summed E-state index contributed by atoms with van der Waals surface area (Å²) in [4.78, 5) is 33.1. The number of hydrogen-bond acceptors (Lipinski definition) is 5. The number of β-amino-alcohol motifs (C(OH)–C–C–N with tert-alkyl or cyclic N) is 1. The molecule has 0 radical (unpaired) electrons. The van der Waals surface area contributed by atoms with Gasteiger partial charge in [0.25, 0.3) is 11.8 Å². The maximum absolute atomic E-state index is 13.1. The fraction of sp³-hybridized carbons (Fsp3) is 0.333. The predicted octanol–water partition coefficient (Wildman–Crippen LogP) is 5.04. The molecule has 1 saturated heterocycles. The normalized spacial score (nSPS) is 17.3. The summed E-state index contributed by atoms with van der Waals surface area (Å²) in [5.74, 6) is -0.614. The standard InChI is InChI=1S/C27H27ClF2N4O4/c1-15(2)34-13-17-12-22(32-24(17)26(34)37)21-11-16(3-8-23(21)33-10-9-19(35)14-33)25(36)31-18-4-6-20(7-5-18)38-27(28,29)30/h3-8,11-12,15,19,32,35H,9-10,13-14H2,1-2H3,(H,31,36)/t19-/m0/s1. The van der Waals surface area contributed by atoms with Crippen LogP contribution < -0.4 is 15.0 Å². The van der Waals surface area contributed by atoms with Crippen molar-refractivity contribution in [3.63, 3.8) is 0 Å². The highest BCUT2D eigenvalue weighted by atomic mass is 35.5. The molecule has 11 heteroatoms. The Labute approximate surface area is 223 Å². The summed E-state index contributed by atoms with van der Waals surface area (Å²) >= 11 is 4.79. The van der Waals surface area contributed by atoms with Crippen molar-refractivity contribution >= 4 is 34.8 Å². The summed E-state index contributed by atoms with van der Waals surface area (Å²) in [6, 6.07) is 12.7. The van der Waals surface area contributed by atoms with Crippen molar-refractivity contribution in [1.29, 1.82) is 0 Å². The van der Waals surface area contributed by atoms with E-state index < -0.39 is 17.6 Å². The number of hydrogen-bond donors (Lipinski definition) is 3. The van der Waals surface area contributed by atoms with Crippen LogP contribution in [0.15, 0.2) is 48.5 Å². The zero-order chi connectivity index (χ0) is 27.2. The van der Waals surface area contributed by atoms with Gasteiger partial charge in [0.2, 0.25) is 0 Å². The van der Waals surface area contributed by atoms with Crippen LogP contribution >= 0.6 is 11.6 Å². The zero-order valence-electron chi connectivity index (χ0n) is 20.8. The maximum Gasteiger partial charge on any atom is 0.487 e. The third-order valence-electron chi connectivity index (χ3n) is 6.74. The quantitative estimate of drug-likeness (QED) is 0.362. The Kier molecular flexibility index (Phi) is 6.79. The molecule has 1 fully saturated rings. The van der Waals surface area contributed by atoms with E-state index in [2.05, 4.69) is 19.9 Å². The lowest BCUT2D eigenvalue weighted by Crippen LogP contribution is -2.31. The number of aliphatic hydroxyl groups is 1. The molecule has 38 heavy (non-hydrogen) atoms. The van der Waals surface area contributed by atoms with Gasteiger partial charge in [-0.3, -0.25) is 9.59 Å². The molecule has 3 heterocycles. The lowest BCUT2D eigenvalue weighted by atomic mass is 10.0. The van der Waals surface area contributed by atoms with Crippen molar-refractivity contribution in [2.75, 3.05) is 23.3 Å². The highest BCUT2D eigenvalue weighted by molar-refractivity contribution is 6.20. The summed E-state index contributed by atoms with van der Waals surface area (Å²) in [5.41, 5.74) is 0.637. The number of halogens is 3. The molecule has 8 nitrogen and oxygen atoms in total. The molecule has 2 aliphatic heterocycles. The van der Waals surface area contributed by atoms with Gasteiger partial charge in [-0.2, -0.15) is 0 Å². The van der Waals surface area contributed by atoms with Gasteiger partial charge in [-0.1, -0.05) is 0 Å². The highest BCUT2D eigenvalue weighted by Crippen LogP contribution is 2.37. The first-order valence-electron chi connectivity index (χ1n) is 12.3. The first-order valence-corrected chi connectivity index (χ1v) is 12.6. The number of carbonyl (C=O) groups excluding carboxylic acids is 2. The number of fused-ring (bicyclic) bond motifs is 1. The highest BCUT2D eigenvalue weighted by Gasteiger charge is 2.33. The van der Waals surface area contributed by atoms with E-state index in [1.54, 1.807) is 17.0 Å². The average molecular weight is 545 g/mol. The molecule has 2 aliphatic rings. The smallest absolute Gasteiger partial charge is 0.420 e. The van der Waals surface area contributed by atoms with Gasteiger partial charge in [0, 0.05) is 71.0 Å². The van der Waals surface area contributed by atoms with E-state index in [9.17, 15) is 23.5 Å². The number of anilines is 2. The Hall–Kier alpha value is -3.63. The topological polar surface area (TPSA) is 97.9 Å². The number of ether oxygens (including phenoxy) is 1. The van der Waals surface area contributed by atoms with Gasteiger partial charge < -0.3 is 29.9 Å². The zero-order valence-corrected chi connectivity index (χ0v) is 21.6. The van der Waals surface area contributed by atoms with Crippen LogP contribution in [0, 0.1) is 0 Å². The van der Waals surface area contributed by atoms with Gasteiger partial charge in [0.1, 0.15) is 11.4 Å². The molecule has 200 valence electrons. The second kappa shape index (κ2) is 9.92. The summed E-state index contributed by atoms with van der Waals surface area (Å²) in [6.45, 7) is 5.58. The van der Waals surface area contributed by atoms with E-state index in [-0.39, 0.29) is 17.7 Å². The predicted molar refractivity (Wildman–Crippen MR) is 140 cm³/mol. The van der Waals surface area contributed by atoms with Crippen LogP contribution in [-0.4, -0.2) is 57.6 Å². The summed E-state index contributed by atoms with van der Waals surface area (Å²) in [6.07, 6.45) is 0.200. The Morgan fingerprint density at radius 2 is 1.95 bits per heavy atom. The van der Waals surface area contributed by atoms with Crippen molar-refractivity contribution in [3.05, 3.63) is 65.4 Å². The SMILES string of the molecule is CC(C)N1Cc2cc(-c3cc(C(=O)Nc4ccc(OC(F)(F)Cl)cc4)ccc3N3CC[C@H](O)C3)[nH]c2C1=O. The number of aliphatic hydroxyl groups excluding tert-OH is 1. The first kappa shape index (κ1) is 26.0. The van der Waals surface area contributed by atoms with E-state index in [1.807, 2.05) is 26.0 Å². The molecular formula is C27H27ClF2N4O4. The summed E-state index contributed by atoms with van der Waals surface area (Å²) in [7, 11) is 0. The van der Waals surface area contributed by atoms with Gasteiger partial charge in [0.15, 0.2) is 0 Å². The number of amides is 2. The molecule has 1 atom stereocenters. The fourth-order valence-corrected chi connectivity index (χ4v) is 4.94. The van der Waals surface area contributed by atoms with Gasteiger partial charge in [0.05, 0.1) is 6.10 Å². The first-order chi connectivity index (χ1) is 18.0. The molecular weight excluding hydrogens is 518 g/mol. The van der Waals surface area contributed by atoms with Crippen LogP contribution in [0.25, 0.3) is 11.3 Å². The van der Waals surface area contributed by atoms with Gasteiger partial charge in [-0.15, -0.1) is 8.78 Å². The van der Waals surface area contributed by atoms with E-state index in [0.29, 0.717) is 48.7 Å². The molecule has 0 spiro atoms. The van der Waals surface area contributed by atoms with E-state index >= 15 is 0 Å².